The second-order valence-electron chi connectivity index (χ2n) is 4.81. The third kappa shape index (κ3) is 2.48. The van der Waals surface area contributed by atoms with Crippen molar-refractivity contribution < 1.29 is 4.79 Å². The van der Waals surface area contributed by atoms with E-state index in [1.54, 1.807) is 11.1 Å². The molecule has 1 saturated heterocycles. The number of carbonyl (C=O) groups is 1. The molecule has 1 aliphatic rings. The summed E-state index contributed by atoms with van der Waals surface area (Å²) in [5.41, 5.74) is 5.99. The molecule has 0 saturated carbocycles. The lowest BCUT2D eigenvalue weighted by atomic mass is 9.80. The van der Waals surface area contributed by atoms with E-state index in [-0.39, 0.29) is 11.3 Å². The average molecular weight is 264 g/mol. The smallest absolute Gasteiger partial charge is 0.274 e. The van der Waals surface area contributed by atoms with E-state index in [1.807, 2.05) is 0 Å². The molecule has 1 aromatic heterocycles. The first-order valence-corrected chi connectivity index (χ1v) is 6.29. The van der Waals surface area contributed by atoms with E-state index in [0.29, 0.717) is 23.8 Å². The van der Waals surface area contributed by atoms with Crippen molar-refractivity contribution in [3.8, 4) is 0 Å². The van der Waals surface area contributed by atoms with Gasteiger partial charge in [0, 0.05) is 30.9 Å². The summed E-state index contributed by atoms with van der Waals surface area (Å²) >= 11 is 5.08. The molecule has 0 bridgehead atoms. The predicted octanol–water partition coefficient (Wildman–Crippen LogP) is 1.00. The van der Waals surface area contributed by atoms with Crippen LogP contribution in [0.5, 0.6) is 0 Å². The minimum absolute atomic E-state index is 0.0758. The van der Waals surface area contributed by atoms with E-state index in [2.05, 4.69) is 16.9 Å². The Kier molecular flexibility index (Phi) is 3.56. The molecule has 0 aromatic carbocycles. The Morgan fingerprint density at radius 1 is 1.44 bits per heavy atom. The molecule has 1 aliphatic heterocycles. The summed E-state index contributed by atoms with van der Waals surface area (Å²) in [6.45, 7) is 3.37. The van der Waals surface area contributed by atoms with Gasteiger partial charge in [-0.3, -0.25) is 9.78 Å². The zero-order valence-electron chi connectivity index (χ0n) is 10.3. The Bertz CT molecular complexity index is 454. The molecule has 1 amide bonds. The van der Waals surface area contributed by atoms with Crippen LogP contribution in [0, 0.1) is 5.41 Å². The summed E-state index contributed by atoms with van der Waals surface area (Å²) in [6.07, 6.45) is 6.17. The van der Waals surface area contributed by atoms with Crippen LogP contribution in [0.4, 0.5) is 0 Å². The number of piperidine rings is 1. The first kappa shape index (κ1) is 12.9. The van der Waals surface area contributed by atoms with E-state index in [1.165, 1.54) is 12.4 Å². The van der Waals surface area contributed by atoms with Crippen LogP contribution in [0.3, 0.4) is 0 Å². The van der Waals surface area contributed by atoms with Crippen LogP contribution in [0.1, 0.15) is 30.3 Å². The summed E-state index contributed by atoms with van der Waals surface area (Å²) in [6, 6.07) is 0. The number of rotatable bonds is 2. The van der Waals surface area contributed by atoms with Crippen LogP contribution in [0.15, 0.2) is 18.6 Å². The number of nitrogens with zero attached hydrogens (tertiary/aromatic N) is 3. The van der Waals surface area contributed by atoms with Crippen LogP contribution in [-0.2, 0) is 0 Å². The van der Waals surface area contributed by atoms with Gasteiger partial charge in [0.1, 0.15) is 5.69 Å². The van der Waals surface area contributed by atoms with E-state index >= 15 is 0 Å². The van der Waals surface area contributed by atoms with Gasteiger partial charge < -0.3 is 10.6 Å². The second-order valence-corrected chi connectivity index (χ2v) is 5.25. The molecule has 0 unspecified atom stereocenters. The number of nitrogens with two attached hydrogens (primary N) is 1. The fourth-order valence-corrected chi connectivity index (χ4v) is 2.23. The maximum Gasteiger partial charge on any atom is 0.274 e. The quantitative estimate of drug-likeness (QED) is 0.807. The maximum absolute atomic E-state index is 12.1. The molecule has 0 spiro atoms. The fourth-order valence-electron chi connectivity index (χ4n) is 2.02. The molecular formula is C12H16N4OS. The van der Waals surface area contributed by atoms with Crippen LogP contribution in [-0.4, -0.2) is 38.9 Å². The van der Waals surface area contributed by atoms with Gasteiger partial charge in [-0.05, 0) is 12.8 Å². The highest BCUT2D eigenvalue weighted by Gasteiger charge is 2.34. The van der Waals surface area contributed by atoms with E-state index < -0.39 is 0 Å². The van der Waals surface area contributed by atoms with Gasteiger partial charge in [-0.25, -0.2) is 4.98 Å². The molecule has 96 valence electrons. The summed E-state index contributed by atoms with van der Waals surface area (Å²) < 4.78 is 0. The minimum Gasteiger partial charge on any atom is -0.393 e. The van der Waals surface area contributed by atoms with E-state index in [4.69, 9.17) is 18.0 Å². The minimum atomic E-state index is -0.130. The van der Waals surface area contributed by atoms with Gasteiger partial charge in [-0.15, -0.1) is 0 Å². The van der Waals surface area contributed by atoms with Crippen LogP contribution in [0.2, 0.25) is 0 Å². The molecule has 2 heterocycles. The Morgan fingerprint density at radius 2 is 2.11 bits per heavy atom. The standard InChI is InChI=1S/C12H16N4OS/c1-12(11(13)18)2-6-16(7-3-12)10(17)9-8-14-4-5-15-9/h4-5,8H,2-3,6-7H2,1H3,(H2,13,18). The third-order valence-electron chi connectivity index (χ3n) is 3.53. The largest absolute Gasteiger partial charge is 0.393 e. The SMILES string of the molecule is CC1(C(N)=S)CCN(C(=O)c2cnccn2)CC1. The van der Waals surface area contributed by atoms with Crippen molar-refractivity contribution in [1.29, 1.82) is 0 Å². The highest BCUT2D eigenvalue weighted by Crippen LogP contribution is 2.31. The Balaban J connectivity index is 2.03. The van der Waals surface area contributed by atoms with Crippen molar-refractivity contribution in [2.75, 3.05) is 13.1 Å². The molecule has 2 rings (SSSR count). The Morgan fingerprint density at radius 3 is 2.61 bits per heavy atom. The van der Waals surface area contributed by atoms with Crippen molar-refractivity contribution in [2.45, 2.75) is 19.8 Å². The molecule has 5 nitrogen and oxygen atoms in total. The monoisotopic (exact) mass is 264 g/mol. The predicted molar refractivity (Wildman–Crippen MR) is 72.1 cm³/mol. The molecule has 0 aliphatic carbocycles. The zero-order chi connectivity index (χ0) is 13.2. The molecular weight excluding hydrogens is 248 g/mol. The number of carbonyl (C=O) groups excluding carboxylic acids is 1. The topological polar surface area (TPSA) is 72.1 Å². The second kappa shape index (κ2) is 4.97. The van der Waals surface area contributed by atoms with Gasteiger partial charge in [-0.2, -0.15) is 0 Å². The van der Waals surface area contributed by atoms with Gasteiger partial charge in [0.15, 0.2) is 0 Å². The summed E-state index contributed by atoms with van der Waals surface area (Å²) in [5.74, 6) is -0.0758. The first-order valence-electron chi connectivity index (χ1n) is 5.88. The van der Waals surface area contributed by atoms with Crippen LogP contribution >= 0.6 is 12.2 Å². The van der Waals surface area contributed by atoms with Gasteiger partial charge in [-0.1, -0.05) is 19.1 Å². The molecule has 1 aromatic rings. The van der Waals surface area contributed by atoms with Crippen molar-refractivity contribution in [1.82, 2.24) is 14.9 Å². The summed E-state index contributed by atoms with van der Waals surface area (Å²) in [4.78, 5) is 22.4. The molecule has 2 N–H and O–H groups in total. The first-order chi connectivity index (χ1) is 8.53. The van der Waals surface area contributed by atoms with Crippen LogP contribution < -0.4 is 5.73 Å². The highest BCUT2D eigenvalue weighted by atomic mass is 32.1. The fraction of sp³-hybridized carbons (Fsp3) is 0.500. The Hall–Kier alpha value is -1.56. The van der Waals surface area contributed by atoms with Crippen molar-refractivity contribution in [3.05, 3.63) is 24.3 Å². The van der Waals surface area contributed by atoms with Crippen molar-refractivity contribution in [3.63, 3.8) is 0 Å². The summed E-state index contributed by atoms with van der Waals surface area (Å²) in [7, 11) is 0. The van der Waals surface area contributed by atoms with Gasteiger partial charge in [0.2, 0.25) is 0 Å². The molecule has 1 fully saturated rings. The lowest BCUT2D eigenvalue weighted by molar-refractivity contribution is 0.0664. The lowest BCUT2D eigenvalue weighted by Gasteiger charge is -2.38. The molecule has 0 radical (unpaired) electrons. The number of thiocarbonyl (C=S) groups is 1. The Labute approximate surface area is 111 Å². The molecule has 6 heteroatoms. The van der Waals surface area contributed by atoms with Crippen LogP contribution in [0.25, 0.3) is 0 Å². The average Bonchev–Trinajstić information content (AvgIpc) is 2.40. The van der Waals surface area contributed by atoms with E-state index in [9.17, 15) is 4.79 Å². The highest BCUT2D eigenvalue weighted by molar-refractivity contribution is 7.80. The number of likely N-dealkylation sites (tertiary alicyclic amines) is 1. The number of hydrogen-bond acceptors (Lipinski definition) is 4. The van der Waals surface area contributed by atoms with Crippen molar-refractivity contribution >= 4 is 23.1 Å². The van der Waals surface area contributed by atoms with E-state index in [0.717, 1.165) is 12.8 Å². The van der Waals surface area contributed by atoms with Crippen molar-refractivity contribution in [2.24, 2.45) is 11.1 Å². The number of amides is 1. The van der Waals surface area contributed by atoms with Gasteiger partial charge >= 0.3 is 0 Å². The molecule has 18 heavy (non-hydrogen) atoms. The summed E-state index contributed by atoms with van der Waals surface area (Å²) in [5, 5.41) is 0. The van der Waals surface area contributed by atoms with Gasteiger partial charge in [0.25, 0.3) is 5.91 Å². The third-order valence-corrected chi connectivity index (χ3v) is 4.02. The normalized spacial score (nSPS) is 18.4. The number of aromatic nitrogens is 2. The number of hydrogen-bond donors (Lipinski definition) is 1. The lowest BCUT2D eigenvalue weighted by Crippen LogP contribution is -2.46. The zero-order valence-corrected chi connectivity index (χ0v) is 11.1. The van der Waals surface area contributed by atoms with Gasteiger partial charge in [0.05, 0.1) is 11.2 Å². The molecule has 0 atom stereocenters. The maximum atomic E-state index is 12.1.